The van der Waals surface area contributed by atoms with Gasteiger partial charge in [-0.1, -0.05) is 35.0 Å². The van der Waals surface area contributed by atoms with E-state index in [1.807, 2.05) is 19.1 Å². The molecular formula is C28H32BrN5O2. The molecule has 2 saturated heterocycles. The molecule has 1 aromatic carbocycles. The lowest BCUT2D eigenvalue weighted by atomic mass is 9.80. The number of piperidine rings is 2. The first kappa shape index (κ1) is 23.7. The highest BCUT2D eigenvalue weighted by Gasteiger charge is 2.30. The summed E-state index contributed by atoms with van der Waals surface area (Å²) in [7, 11) is 0. The van der Waals surface area contributed by atoms with Gasteiger partial charge in [-0.15, -0.1) is 10.2 Å². The third kappa shape index (κ3) is 4.81. The highest BCUT2D eigenvalue weighted by molar-refractivity contribution is 9.10. The molecule has 4 aliphatic rings. The van der Waals surface area contributed by atoms with Crippen molar-refractivity contribution >= 4 is 27.4 Å². The summed E-state index contributed by atoms with van der Waals surface area (Å²) in [6, 6.07) is 10.4. The van der Waals surface area contributed by atoms with E-state index in [2.05, 4.69) is 73.2 Å². The molecule has 8 bridgehead atoms. The first-order valence-electron chi connectivity index (χ1n) is 12.9. The average molecular weight is 551 g/mol. The van der Waals surface area contributed by atoms with E-state index in [0.717, 1.165) is 84.7 Å². The van der Waals surface area contributed by atoms with Gasteiger partial charge in [-0.3, -0.25) is 0 Å². The van der Waals surface area contributed by atoms with Gasteiger partial charge in [-0.05, 0) is 68.4 Å². The molecule has 0 saturated carbocycles. The van der Waals surface area contributed by atoms with Gasteiger partial charge in [0.05, 0.1) is 24.0 Å². The molecule has 0 radical (unpaired) electrons. The number of rotatable bonds is 0. The summed E-state index contributed by atoms with van der Waals surface area (Å²) < 4.78 is 13.6. The van der Waals surface area contributed by atoms with Crippen LogP contribution in [0.25, 0.3) is 22.9 Å². The Morgan fingerprint density at radius 1 is 1.03 bits per heavy atom. The monoisotopic (exact) mass is 549 g/mol. The number of halogens is 1. The summed E-state index contributed by atoms with van der Waals surface area (Å²) in [6.45, 7) is 8.78. The number of hydrogen-bond acceptors (Lipinski definition) is 7. The molecule has 188 valence electrons. The van der Waals surface area contributed by atoms with Crippen LogP contribution in [0.5, 0.6) is 0 Å². The topological polar surface area (TPSA) is 67.5 Å². The zero-order valence-electron chi connectivity index (χ0n) is 20.9. The fourth-order valence-electron chi connectivity index (χ4n) is 5.56. The number of aryl methyl sites for hydroxylation is 1. The third-order valence-electron chi connectivity index (χ3n) is 7.70. The minimum Gasteiger partial charge on any atom is -0.416 e. The Morgan fingerprint density at radius 3 is 2.72 bits per heavy atom. The van der Waals surface area contributed by atoms with Gasteiger partial charge in [0.2, 0.25) is 11.8 Å². The molecule has 36 heavy (non-hydrogen) atoms. The predicted octanol–water partition coefficient (Wildman–Crippen LogP) is 6.03. The fourth-order valence-corrected chi connectivity index (χ4v) is 5.91. The lowest BCUT2D eigenvalue weighted by Crippen LogP contribution is -2.40. The number of fused-ring (bicyclic) bond motifs is 4. The maximum absolute atomic E-state index is 6.30. The molecule has 0 aliphatic carbocycles. The van der Waals surface area contributed by atoms with Gasteiger partial charge >= 0.3 is 0 Å². The van der Waals surface area contributed by atoms with E-state index in [1.165, 1.54) is 0 Å². The number of nitrogens with zero attached hydrogens (tertiary/aromatic N) is 5. The first-order chi connectivity index (χ1) is 17.5. The summed E-state index contributed by atoms with van der Waals surface area (Å²) in [4.78, 5) is 9.59. The van der Waals surface area contributed by atoms with Gasteiger partial charge in [-0.25, -0.2) is 4.98 Å². The largest absolute Gasteiger partial charge is 0.416 e. The Morgan fingerprint density at radius 2 is 1.86 bits per heavy atom. The Labute approximate surface area is 220 Å². The van der Waals surface area contributed by atoms with E-state index >= 15 is 0 Å². The van der Waals surface area contributed by atoms with Gasteiger partial charge in [-0.2, -0.15) is 0 Å². The molecule has 1 unspecified atom stereocenters. The van der Waals surface area contributed by atoms with Gasteiger partial charge in [0.15, 0.2) is 0 Å². The van der Waals surface area contributed by atoms with Crippen molar-refractivity contribution in [1.29, 1.82) is 0 Å². The average Bonchev–Trinajstić information content (AvgIpc) is 3.37. The van der Waals surface area contributed by atoms with E-state index < -0.39 is 0 Å². The Hall–Kier alpha value is -2.71. The van der Waals surface area contributed by atoms with Crippen LogP contribution in [0.1, 0.15) is 38.3 Å². The predicted molar refractivity (Wildman–Crippen MR) is 145 cm³/mol. The number of ether oxygens (including phenoxy) is 1. The summed E-state index contributed by atoms with van der Waals surface area (Å²) in [5.41, 5.74) is 4.09. The Bertz CT molecular complexity index is 1280. The molecule has 8 heteroatoms. The third-order valence-corrected chi connectivity index (χ3v) is 8.19. The second-order valence-corrected chi connectivity index (χ2v) is 11.4. The van der Waals surface area contributed by atoms with Crippen molar-refractivity contribution in [3.8, 4) is 22.9 Å². The normalized spacial score (nSPS) is 25.0. The minimum atomic E-state index is 0.172. The smallest absolute Gasteiger partial charge is 0.250 e. The number of hydrogen-bond donors (Lipinski definition) is 0. The van der Waals surface area contributed by atoms with Crippen LogP contribution in [0.3, 0.4) is 0 Å². The minimum absolute atomic E-state index is 0.172. The molecule has 7 rings (SSSR count). The molecule has 7 nitrogen and oxygen atoms in total. The van der Waals surface area contributed by atoms with E-state index in [4.69, 9.17) is 14.1 Å². The number of allylic oxidation sites excluding steroid dienone is 1. The van der Waals surface area contributed by atoms with Crippen LogP contribution < -0.4 is 9.80 Å². The molecule has 4 aliphatic heterocycles. The second-order valence-electron chi connectivity index (χ2n) is 10.5. The van der Waals surface area contributed by atoms with Crippen LogP contribution in [-0.2, 0) is 4.74 Å². The molecule has 2 fully saturated rings. The Balaban J connectivity index is 1.42. The van der Waals surface area contributed by atoms with Crippen molar-refractivity contribution in [3.05, 3.63) is 52.7 Å². The van der Waals surface area contributed by atoms with Crippen molar-refractivity contribution in [3.63, 3.8) is 0 Å². The fraction of sp³-hybridized carbons (Fsp3) is 0.464. The van der Waals surface area contributed by atoms with Crippen LogP contribution >= 0.6 is 15.9 Å². The summed E-state index contributed by atoms with van der Waals surface area (Å²) in [5.74, 6) is 2.00. The van der Waals surface area contributed by atoms with Crippen LogP contribution in [0, 0.1) is 12.3 Å². The SMILES string of the molecule is Cc1cc2cc(n1)N1CCCC(C1)OC/C=C/C1(C)CCN(CC1)c1cc(Br)ccc1-c1nnc-2o1. The van der Waals surface area contributed by atoms with Gasteiger partial charge < -0.3 is 19.0 Å². The molecule has 3 aromatic rings. The molecule has 0 N–H and O–H groups in total. The van der Waals surface area contributed by atoms with Crippen molar-refractivity contribution in [2.24, 2.45) is 5.41 Å². The maximum atomic E-state index is 6.30. The van der Waals surface area contributed by atoms with Gasteiger partial charge in [0, 0.05) is 41.9 Å². The molecule has 0 spiro atoms. The zero-order chi connectivity index (χ0) is 24.7. The van der Waals surface area contributed by atoms with Crippen LogP contribution in [0.4, 0.5) is 11.5 Å². The number of benzene rings is 1. The quantitative estimate of drug-likeness (QED) is 0.317. The highest BCUT2D eigenvalue weighted by Crippen LogP contribution is 2.39. The lowest BCUT2D eigenvalue weighted by molar-refractivity contribution is 0.0625. The van der Waals surface area contributed by atoms with Crippen LogP contribution in [0.15, 0.2) is 51.4 Å². The van der Waals surface area contributed by atoms with Gasteiger partial charge in [0.25, 0.3) is 0 Å². The van der Waals surface area contributed by atoms with E-state index in [9.17, 15) is 0 Å². The molecule has 6 heterocycles. The van der Waals surface area contributed by atoms with E-state index in [1.54, 1.807) is 0 Å². The molecule has 2 aromatic heterocycles. The van der Waals surface area contributed by atoms with Crippen LogP contribution in [0.2, 0.25) is 0 Å². The van der Waals surface area contributed by atoms with Crippen molar-refractivity contribution in [2.75, 3.05) is 42.6 Å². The summed E-state index contributed by atoms with van der Waals surface area (Å²) in [6.07, 6.45) is 9.14. The lowest BCUT2D eigenvalue weighted by Gasteiger charge is -2.39. The number of pyridine rings is 1. The van der Waals surface area contributed by atoms with E-state index in [0.29, 0.717) is 18.4 Å². The second kappa shape index (κ2) is 9.63. The van der Waals surface area contributed by atoms with Crippen LogP contribution in [-0.4, -0.2) is 54.1 Å². The number of aromatic nitrogens is 3. The van der Waals surface area contributed by atoms with Crippen molar-refractivity contribution in [1.82, 2.24) is 15.2 Å². The Kier molecular flexibility index (Phi) is 6.33. The van der Waals surface area contributed by atoms with Crippen molar-refractivity contribution < 1.29 is 9.15 Å². The zero-order valence-corrected chi connectivity index (χ0v) is 22.5. The number of anilines is 2. The standard InChI is InChI=1S/C28H32BrN5O2/c1-19-15-20-16-25(30-19)34-11-3-5-22(18-34)35-14-4-8-28(2)9-12-33(13-10-28)24-17-21(29)6-7-23(24)27-32-31-26(20)36-27/h4,6-8,15-17,22H,3,5,9-14,18H2,1-2H3/b8-4+. The first-order valence-corrected chi connectivity index (χ1v) is 13.7. The highest BCUT2D eigenvalue weighted by atomic mass is 79.9. The van der Waals surface area contributed by atoms with Crippen molar-refractivity contribution in [2.45, 2.75) is 45.6 Å². The maximum Gasteiger partial charge on any atom is 0.250 e. The molecular weight excluding hydrogens is 518 g/mol. The van der Waals surface area contributed by atoms with E-state index in [-0.39, 0.29) is 11.5 Å². The van der Waals surface area contributed by atoms with Gasteiger partial charge in [0.1, 0.15) is 5.82 Å². The molecule has 0 amide bonds. The summed E-state index contributed by atoms with van der Waals surface area (Å²) >= 11 is 3.66. The molecule has 1 atom stereocenters. The summed E-state index contributed by atoms with van der Waals surface area (Å²) in [5, 5.41) is 8.92.